The van der Waals surface area contributed by atoms with E-state index < -0.39 is 5.91 Å². The van der Waals surface area contributed by atoms with Crippen LogP contribution in [0, 0.1) is 6.92 Å². The summed E-state index contributed by atoms with van der Waals surface area (Å²) in [7, 11) is 2.99. The Morgan fingerprint density at radius 2 is 1.57 bits per heavy atom. The summed E-state index contributed by atoms with van der Waals surface area (Å²) in [5.74, 6) is 1.02. The first kappa shape index (κ1) is 26.8. The number of aryl methyl sites for hydroxylation is 1. The quantitative estimate of drug-likeness (QED) is 0.216. The summed E-state index contributed by atoms with van der Waals surface area (Å²) in [4.78, 5) is 24.7. The number of carbonyl (C=O) groups excluding carboxylic acids is 2. The normalized spacial score (nSPS) is 10.5. The van der Waals surface area contributed by atoms with Crippen LogP contribution in [0.1, 0.15) is 21.5 Å². The predicted octanol–water partition coefficient (Wildman–Crippen LogP) is 4.36. The van der Waals surface area contributed by atoms with Gasteiger partial charge in [0.15, 0.2) is 29.6 Å². The Kier molecular flexibility index (Phi) is 9.66. The lowest BCUT2D eigenvalue weighted by atomic mass is 10.2. The van der Waals surface area contributed by atoms with E-state index in [0.29, 0.717) is 46.4 Å². The molecule has 0 fully saturated rings. The third-order valence-corrected chi connectivity index (χ3v) is 5.04. The van der Waals surface area contributed by atoms with Crippen LogP contribution in [-0.2, 0) is 4.79 Å². The predicted molar refractivity (Wildman–Crippen MR) is 142 cm³/mol. The molecule has 0 aliphatic heterocycles. The van der Waals surface area contributed by atoms with Crippen LogP contribution in [0.2, 0.25) is 0 Å². The second kappa shape index (κ2) is 13.3. The van der Waals surface area contributed by atoms with Crippen molar-refractivity contribution in [1.82, 2.24) is 5.43 Å². The molecule has 9 nitrogen and oxygen atoms in total. The van der Waals surface area contributed by atoms with Crippen LogP contribution in [0.4, 0.5) is 5.69 Å². The molecule has 9 heteroatoms. The molecule has 3 rings (SSSR count). The van der Waals surface area contributed by atoms with E-state index in [9.17, 15) is 9.59 Å². The second-order valence-corrected chi connectivity index (χ2v) is 7.78. The van der Waals surface area contributed by atoms with Gasteiger partial charge in [0.1, 0.15) is 6.61 Å². The maximum absolute atomic E-state index is 12.5. The molecule has 192 valence electrons. The van der Waals surface area contributed by atoms with Gasteiger partial charge in [0.05, 0.1) is 20.4 Å². The lowest BCUT2D eigenvalue weighted by molar-refractivity contribution is -0.118. The number of nitrogens with zero attached hydrogens (tertiary/aromatic N) is 1. The molecule has 3 aromatic carbocycles. The zero-order valence-electron chi connectivity index (χ0n) is 20.9. The second-order valence-electron chi connectivity index (χ2n) is 7.78. The highest BCUT2D eigenvalue weighted by atomic mass is 16.5. The third kappa shape index (κ3) is 7.86. The molecule has 0 radical (unpaired) electrons. The topological polar surface area (TPSA) is 107 Å². The number of ether oxygens (including phenoxy) is 4. The Hall–Kier alpha value is -4.79. The summed E-state index contributed by atoms with van der Waals surface area (Å²) in [5, 5.41) is 6.78. The van der Waals surface area contributed by atoms with Crippen molar-refractivity contribution in [2.75, 3.05) is 32.8 Å². The number of hydrogen-bond acceptors (Lipinski definition) is 7. The van der Waals surface area contributed by atoms with E-state index >= 15 is 0 Å². The average molecular weight is 504 g/mol. The molecule has 0 aliphatic rings. The summed E-state index contributed by atoms with van der Waals surface area (Å²) >= 11 is 0. The van der Waals surface area contributed by atoms with Crippen LogP contribution in [-0.4, -0.2) is 45.5 Å². The Bertz CT molecular complexity index is 1270. The molecule has 3 aromatic rings. The van der Waals surface area contributed by atoms with Gasteiger partial charge in [-0.1, -0.05) is 30.4 Å². The molecule has 0 spiro atoms. The van der Waals surface area contributed by atoms with Gasteiger partial charge in [-0.2, -0.15) is 5.10 Å². The zero-order chi connectivity index (χ0) is 26.6. The average Bonchev–Trinajstić information content (AvgIpc) is 2.92. The van der Waals surface area contributed by atoms with Gasteiger partial charge in [0.2, 0.25) is 0 Å². The maximum Gasteiger partial charge on any atom is 0.271 e. The number of hydrogen-bond donors (Lipinski definition) is 2. The van der Waals surface area contributed by atoms with E-state index in [4.69, 9.17) is 18.9 Å². The molecule has 0 atom stereocenters. The number of anilines is 1. The Morgan fingerprint density at radius 1 is 0.892 bits per heavy atom. The number of nitrogens with one attached hydrogen (secondary N) is 2. The van der Waals surface area contributed by atoms with Crippen LogP contribution >= 0.6 is 0 Å². The van der Waals surface area contributed by atoms with Gasteiger partial charge in [0.25, 0.3) is 11.8 Å². The molecule has 0 heterocycles. The van der Waals surface area contributed by atoms with E-state index in [0.717, 1.165) is 5.56 Å². The number of rotatable bonds is 12. The number of carbonyl (C=O) groups is 2. The van der Waals surface area contributed by atoms with Gasteiger partial charge >= 0.3 is 0 Å². The summed E-state index contributed by atoms with van der Waals surface area (Å²) in [6, 6.07) is 17.3. The minimum absolute atomic E-state index is 0.186. The molecular weight excluding hydrogens is 474 g/mol. The minimum Gasteiger partial charge on any atom is -0.493 e. The summed E-state index contributed by atoms with van der Waals surface area (Å²) < 4.78 is 21.8. The van der Waals surface area contributed by atoms with Crippen molar-refractivity contribution in [2.45, 2.75) is 6.92 Å². The SMILES string of the molecule is C=CCOc1ccc(C(=O)N/N=C/c2ccc(OCC(=O)Nc3ccc(C)cc3)c(OC)c2)cc1OC. The lowest BCUT2D eigenvalue weighted by Crippen LogP contribution is -2.20. The maximum atomic E-state index is 12.5. The zero-order valence-corrected chi connectivity index (χ0v) is 20.9. The molecule has 2 N–H and O–H groups in total. The molecule has 0 aliphatic carbocycles. The largest absolute Gasteiger partial charge is 0.493 e. The summed E-state index contributed by atoms with van der Waals surface area (Å²) in [6.07, 6.45) is 3.08. The highest BCUT2D eigenvalue weighted by Crippen LogP contribution is 2.29. The molecule has 0 saturated heterocycles. The highest BCUT2D eigenvalue weighted by molar-refractivity contribution is 5.95. The van der Waals surface area contributed by atoms with Gasteiger partial charge in [-0.25, -0.2) is 5.43 Å². The first-order valence-corrected chi connectivity index (χ1v) is 11.4. The number of methoxy groups -OCH3 is 2. The molecule has 0 aromatic heterocycles. The van der Waals surface area contributed by atoms with Crippen molar-refractivity contribution in [3.8, 4) is 23.0 Å². The minimum atomic E-state index is -0.420. The lowest BCUT2D eigenvalue weighted by Gasteiger charge is -2.11. The fraction of sp³-hybridized carbons (Fsp3) is 0.179. The first-order chi connectivity index (χ1) is 17.9. The van der Waals surface area contributed by atoms with Crippen molar-refractivity contribution in [3.05, 3.63) is 90.0 Å². The molecule has 0 saturated carbocycles. The highest BCUT2D eigenvalue weighted by Gasteiger charge is 2.11. The van der Waals surface area contributed by atoms with Crippen LogP contribution in [0.3, 0.4) is 0 Å². The van der Waals surface area contributed by atoms with Gasteiger partial charge in [0, 0.05) is 11.3 Å². The first-order valence-electron chi connectivity index (χ1n) is 11.4. The monoisotopic (exact) mass is 503 g/mol. The van der Waals surface area contributed by atoms with Crippen LogP contribution in [0.5, 0.6) is 23.0 Å². The van der Waals surface area contributed by atoms with Crippen molar-refractivity contribution in [2.24, 2.45) is 5.10 Å². The van der Waals surface area contributed by atoms with Crippen LogP contribution in [0.25, 0.3) is 0 Å². The van der Waals surface area contributed by atoms with E-state index in [1.54, 1.807) is 42.5 Å². The Morgan fingerprint density at radius 3 is 2.27 bits per heavy atom. The van der Waals surface area contributed by atoms with Crippen molar-refractivity contribution in [1.29, 1.82) is 0 Å². The number of hydrazone groups is 1. The van der Waals surface area contributed by atoms with E-state index in [-0.39, 0.29) is 12.5 Å². The molecule has 2 amide bonds. The van der Waals surface area contributed by atoms with Crippen molar-refractivity contribution in [3.63, 3.8) is 0 Å². The van der Waals surface area contributed by atoms with Gasteiger partial charge < -0.3 is 24.3 Å². The van der Waals surface area contributed by atoms with E-state index in [1.807, 2.05) is 31.2 Å². The summed E-state index contributed by atoms with van der Waals surface area (Å²) in [5.41, 5.74) is 5.27. The van der Waals surface area contributed by atoms with E-state index in [1.165, 1.54) is 20.4 Å². The standard InChI is InChI=1S/C28H29N3O6/c1-5-14-36-23-13-9-21(16-26(23)35-4)28(33)31-29-17-20-8-12-24(25(15-20)34-3)37-18-27(32)30-22-10-6-19(2)7-11-22/h5-13,15-17H,1,14,18H2,2-4H3,(H,30,32)(H,31,33)/b29-17+. The fourth-order valence-electron chi connectivity index (χ4n) is 3.17. The van der Waals surface area contributed by atoms with Crippen molar-refractivity contribution >= 4 is 23.7 Å². The molecular formula is C28H29N3O6. The Balaban J connectivity index is 1.57. The molecule has 0 bridgehead atoms. The smallest absolute Gasteiger partial charge is 0.271 e. The van der Waals surface area contributed by atoms with Gasteiger partial charge in [-0.15, -0.1) is 0 Å². The van der Waals surface area contributed by atoms with Crippen LogP contribution in [0.15, 0.2) is 78.4 Å². The van der Waals surface area contributed by atoms with Crippen LogP contribution < -0.4 is 29.7 Å². The molecule has 37 heavy (non-hydrogen) atoms. The van der Waals surface area contributed by atoms with Gasteiger partial charge in [-0.05, 0) is 61.0 Å². The number of benzene rings is 3. The Labute approximate surface area is 215 Å². The summed E-state index contributed by atoms with van der Waals surface area (Å²) in [6.45, 7) is 5.71. The molecule has 0 unspecified atom stereocenters. The van der Waals surface area contributed by atoms with Crippen molar-refractivity contribution < 1.29 is 28.5 Å². The number of amides is 2. The fourth-order valence-corrected chi connectivity index (χ4v) is 3.17. The van der Waals surface area contributed by atoms with Gasteiger partial charge in [-0.3, -0.25) is 9.59 Å². The van der Waals surface area contributed by atoms with E-state index in [2.05, 4.69) is 22.4 Å². The third-order valence-electron chi connectivity index (χ3n) is 5.04.